The van der Waals surface area contributed by atoms with E-state index in [1.54, 1.807) is 6.20 Å². The van der Waals surface area contributed by atoms with Crippen molar-refractivity contribution in [2.24, 2.45) is 0 Å². The number of benzene rings is 1. The molecule has 0 bridgehead atoms. The molecule has 1 N–H and O–H groups in total. The van der Waals surface area contributed by atoms with Gasteiger partial charge < -0.3 is 5.32 Å². The smallest absolute Gasteiger partial charge is 0.145 e. The summed E-state index contributed by atoms with van der Waals surface area (Å²) >= 11 is 1.93. The van der Waals surface area contributed by atoms with E-state index in [0.29, 0.717) is 6.04 Å². The molecular formula is C13H17N3S. The molecule has 1 heterocycles. The topological polar surface area (TPSA) is 37.8 Å². The van der Waals surface area contributed by atoms with Gasteiger partial charge in [0.25, 0.3) is 0 Å². The van der Waals surface area contributed by atoms with Gasteiger partial charge in [0.05, 0.1) is 17.2 Å². The van der Waals surface area contributed by atoms with E-state index >= 15 is 0 Å². The van der Waals surface area contributed by atoms with E-state index in [9.17, 15) is 0 Å². The number of nitrogens with one attached hydrogen (secondary N) is 1. The first-order chi connectivity index (χ1) is 8.29. The number of fused-ring (bicyclic) bond motifs is 1. The number of hydrogen-bond acceptors (Lipinski definition) is 4. The van der Waals surface area contributed by atoms with Crippen molar-refractivity contribution in [3.8, 4) is 0 Å². The van der Waals surface area contributed by atoms with Crippen LogP contribution in [0.15, 0.2) is 30.5 Å². The zero-order chi connectivity index (χ0) is 12.1. The molecule has 4 heteroatoms. The highest BCUT2D eigenvalue weighted by molar-refractivity contribution is 7.99. The zero-order valence-corrected chi connectivity index (χ0v) is 11.0. The Bertz CT molecular complexity index is 487. The van der Waals surface area contributed by atoms with Crippen LogP contribution < -0.4 is 5.32 Å². The summed E-state index contributed by atoms with van der Waals surface area (Å²) < 4.78 is 0. The van der Waals surface area contributed by atoms with E-state index in [4.69, 9.17) is 0 Å². The second-order valence-corrected chi connectivity index (χ2v) is 5.27. The molecule has 2 rings (SSSR count). The van der Waals surface area contributed by atoms with Gasteiger partial charge in [-0.15, -0.1) is 0 Å². The molecule has 0 amide bonds. The van der Waals surface area contributed by atoms with E-state index in [2.05, 4.69) is 29.1 Å². The fourth-order valence-corrected chi connectivity index (χ4v) is 2.29. The molecule has 1 atom stereocenters. The standard InChI is InChI=1S/C13H17N3S/c1-3-17-9-10(2)15-13-8-14-11-6-4-5-7-12(11)16-13/h4-8,10H,3,9H2,1-2H3,(H,15,16). The predicted octanol–water partition coefficient (Wildman–Crippen LogP) is 3.18. The summed E-state index contributed by atoms with van der Waals surface area (Å²) in [5.74, 6) is 3.09. The maximum absolute atomic E-state index is 4.54. The minimum atomic E-state index is 0.412. The predicted molar refractivity (Wildman–Crippen MR) is 75.6 cm³/mol. The lowest BCUT2D eigenvalue weighted by atomic mass is 10.3. The number of hydrogen-bond donors (Lipinski definition) is 1. The van der Waals surface area contributed by atoms with Crippen LogP contribution in [0.4, 0.5) is 5.82 Å². The minimum absolute atomic E-state index is 0.412. The summed E-state index contributed by atoms with van der Waals surface area (Å²) in [6.45, 7) is 4.34. The summed E-state index contributed by atoms with van der Waals surface area (Å²) in [5.41, 5.74) is 1.88. The molecule has 1 unspecified atom stereocenters. The Morgan fingerprint density at radius 3 is 2.82 bits per heavy atom. The van der Waals surface area contributed by atoms with E-state index in [0.717, 1.165) is 28.4 Å². The SMILES string of the molecule is CCSCC(C)Nc1cnc2ccccc2n1. The van der Waals surface area contributed by atoms with Crippen molar-refractivity contribution < 1.29 is 0 Å². The van der Waals surface area contributed by atoms with E-state index in [-0.39, 0.29) is 0 Å². The third-order valence-corrected chi connectivity index (χ3v) is 3.56. The van der Waals surface area contributed by atoms with Gasteiger partial charge in [-0.25, -0.2) is 4.98 Å². The summed E-state index contributed by atoms with van der Waals surface area (Å²) in [6.07, 6.45) is 1.80. The maximum atomic E-state index is 4.54. The van der Waals surface area contributed by atoms with Gasteiger partial charge in [-0.05, 0) is 24.8 Å². The van der Waals surface area contributed by atoms with Gasteiger partial charge >= 0.3 is 0 Å². The van der Waals surface area contributed by atoms with Crippen LogP contribution in [-0.2, 0) is 0 Å². The van der Waals surface area contributed by atoms with Crippen LogP contribution in [0.25, 0.3) is 11.0 Å². The highest BCUT2D eigenvalue weighted by Crippen LogP contribution is 2.13. The molecule has 0 saturated carbocycles. The molecule has 1 aromatic carbocycles. The molecule has 2 aromatic rings. The monoisotopic (exact) mass is 247 g/mol. The molecule has 90 valence electrons. The second kappa shape index (κ2) is 5.87. The number of rotatable bonds is 5. The van der Waals surface area contributed by atoms with Gasteiger partial charge in [0, 0.05) is 11.8 Å². The third-order valence-electron chi connectivity index (χ3n) is 2.41. The number of nitrogens with zero attached hydrogens (tertiary/aromatic N) is 2. The molecule has 0 aliphatic heterocycles. The van der Waals surface area contributed by atoms with E-state index < -0.39 is 0 Å². The lowest BCUT2D eigenvalue weighted by Crippen LogP contribution is -2.19. The van der Waals surface area contributed by atoms with Crippen LogP contribution in [0.3, 0.4) is 0 Å². The first-order valence-electron chi connectivity index (χ1n) is 5.85. The Kier molecular flexibility index (Phi) is 4.20. The highest BCUT2D eigenvalue weighted by atomic mass is 32.2. The zero-order valence-electron chi connectivity index (χ0n) is 10.2. The second-order valence-electron chi connectivity index (χ2n) is 3.95. The first kappa shape index (κ1) is 12.2. The Hall–Kier alpha value is -1.29. The van der Waals surface area contributed by atoms with Crippen molar-refractivity contribution in [1.29, 1.82) is 0 Å². The quantitative estimate of drug-likeness (QED) is 0.880. The Morgan fingerprint density at radius 1 is 1.29 bits per heavy atom. The van der Waals surface area contributed by atoms with Gasteiger partial charge in [0.2, 0.25) is 0 Å². The van der Waals surface area contributed by atoms with Crippen molar-refractivity contribution in [2.45, 2.75) is 19.9 Å². The average molecular weight is 247 g/mol. The van der Waals surface area contributed by atoms with Gasteiger partial charge in [0.1, 0.15) is 5.82 Å². The maximum Gasteiger partial charge on any atom is 0.145 e. The first-order valence-corrected chi connectivity index (χ1v) is 7.01. The normalized spacial score (nSPS) is 12.6. The Labute approximate surface area is 106 Å². The molecule has 0 saturated heterocycles. The van der Waals surface area contributed by atoms with Crippen molar-refractivity contribution in [3.05, 3.63) is 30.5 Å². The molecule has 0 spiro atoms. The lowest BCUT2D eigenvalue weighted by Gasteiger charge is -2.13. The number of para-hydroxylation sites is 2. The largest absolute Gasteiger partial charge is 0.365 e. The summed E-state index contributed by atoms with van der Waals surface area (Å²) in [5, 5.41) is 3.37. The molecule has 0 aliphatic carbocycles. The molecule has 0 radical (unpaired) electrons. The van der Waals surface area contributed by atoms with E-state index in [1.807, 2.05) is 36.0 Å². The fraction of sp³-hybridized carbons (Fsp3) is 0.385. The number of thioether (sulfide) groups is 1. The van der Waals surface area contributed by atoms with Crippen LogP contribution in [-0.4, -0.2) is 27.5 Å². The molecule has 3 nitrogen and oxygen atoms in total. The van der Waals surface area contributed by atoms with Gasteiger partial charge in [0.15, 0.2) is 0 Å². The number of anilines is 1. The Balaban J connectivity index is 2.08. The fourth-order valence-electron chi connectivity index (χ4n) is 1.62. The molecule has 1 aromatic heterocycles. The van der Waals surface area contributed by atoms with Crippen molar-refractivity contribution in [2.75, 3.05) is 16.8 Å². The summed E-state index contributed by atoms with van der Waals surface area (Å²) in [7, 11) is 0. The summed E-state index contributed by atoms with van der Waals surface area (Å²) in [6, 6.07) is 8.33. The third kappa shape index (κ3) is 3.33. The van der Waals surface area contributed by atoms with Crippen molar-refractivity contribution in [3.63, 3.8) is 0 Å². The minimum Gasteiger partial charge on any atom is -0.365 e. The van der Waals surface area contributed by atoms with Gasteiger partial charge in [-0.2, -0.15) is 11.8 Å². The van der Waals surface area contributed by atoms with Crippen molar-refractivity contribution >= 4 is 28.6 Å². The summed E-state index contributed by atoms with van der Waals surface area (Å²) in [4.78, 5) is 8.92. The molecule has 17 heavy (non-hydrogen) atoms. The molecule has 0 aliphatic rings. The van der Waals surface area contributed by atoms with Gasteiger partial charge in [-0.3, -0.25) is 4.98 Å². The van der Waals surface area contributed by atoms with Crippen LogP contribution in [0.1, 0.15) is 13.8 Å². The Morgan fingerprint density at radius 2 is 2.06 bits per heavy atom. The van der Waals surface area contributed by atoms with Crippen LogP contribution >= 0.6 is 11.8 Å². The van der Waals surface area contributed by atoms with Crippen LogP contribution in [0.2, 0.25) is 0 Å². The highest BCUT2D eigenvalue weighted by Gasteiger charge is 2.03. The van der Waals surface area contributed by atoms with Crippen molar-refractivity contribution in [1.82, 2.24) is 9.97 Å². The van der Waals surface area contributed by atoms with Crippen LogP contribution in [0, 0.1) is 0 Å². The van der Waals surface area contributed by atoms with Crippen LogP contribution in [0.5, 0.6) is 0 Å². The van der Waals surface area contributed by atoms with Gasteiger partial charge in [-0.1, -0.05) is 19.1 Å². The molecular weight excluding hydrogens is 230 g/mol. The number of aromatic nitrogens is 2. The average Bonchev–Trinajstić information content (AvgIpc) is 2.36. The lowest BCUT2D eigenvalue weighted by molar-refractivity contribution is 0.902. The molecule has 0 fully saturated rings. The van der Waals surface area contributed by atoms with E-state index in [1.165, 1.54) is 0 Å².